The van der Waals surface area contributed by atoms with Gasteiger partial charge in [-0.2, -0.15) is 0 Å². The fourth-order valence-electron chi connectivity index (χ4n) is 1.37. The number of ether oxygens (including phenoxy) is 1. The van der Waals surface area contributed by atoms with Crippen molar-refractivity contribution in [3.05, 3.63) is 0 Å². The van der Waals surface area contributed by atoms with E-state index >= 15 is 0 Å². The van der Waals surface area contributed by atoms with E-state index < -0.39 is 0 Å². The van der Waals surface area contributed by atoms with Crippen LogP contribution in [0.3, 0.4) is 0 Å². The molecule has 0 heterocycles. The van der Waals surface area contributed by atoms with Crippen LogP contribution < -0.4 is 5.32 Å². The van der Waals surface area contributed by atoms with Gasteiger partial charge in [-0.1, -0.05) is 0 Å². The van der Waals surface area contributed by atoms with Gasteiger partial charge in [0.2, 0.25) is 0 Å². The van der Waals surface area contributed by atoms with E-state index in [1.54, 1.807) is 0 Å². The molecule has 2 N–H and O–H groups in total. The van der Waals surface area contributed by atoms with Crippen LogP contribution in [0.15, 0.2) is 0 Å². The molecule has 3 heteroatoms. The van der Waals surface area contributed by atoms with Gasteiger partial charge < -0.3 is 15.2 Å². The van der Waals surface area contributed by atoms with Gasteiger partial charge in [-0.25, -0.2) is 0 Å². The average Bonchev–Trinajstić information content (AvgIpc) is 2.11. The summed E-state index contributed by atoms with van der Waals surface area (Å²) < 4.78 is 5.55. The number of aliphatic hydroxyl groups excluding tert-OH is 1. The molecule has 0 fully saturated rings. The van der Waals surface area contributed by atoms with Crippen LogP contribution in [0.5, 0.6) is 0 Å². The molecule has 0 saturated heterocycles. The van der Waals surface area contributed by atoms with Crippen LogP contribution in [0.4, 0.5) is 0 Å². The Labute approximate surface area is 87.8 Å². The van der Waals surface area contributed by atoms with E-state index in [0.29, 0.717) is 6.61 Å². The maximum atomic E-state index is 8.58. The van der Waals surface area contributed by atoms with Gasteiger partial charge in [0.25, 0.3) is 0 Å². The first-order valence-corrected chi connectivity index (χ1v) is 5.58. The Morgan fingerprint density at radius 2 is 1.93 bits per heavy atom. The molecule has 0 aliphatic carbocycles. The first-order valence-electron chi connectivity index (χ1n) is 5.58. The second-order valence-corrected chi connectivity index (χ2v) is 4.15. The largest absolute Gasteiger partial charge is 0.396 e. The average molecular weight is 203 g/mol. The van der Waals surface area contributed by atoms with Crippen molar-refractivity contribution in [3.8, 4) is 0 Å². The van der Waals surface area contributed by atoms with Gasteiger partial charge in [0.1, 0.15) is 0 Å². The van der Waals surface area contributed by atoms with Gasteiger partial charge in [0.05, 0.1) is 5.60 Å². The molecule has 0 unspecified atom stereocenters. The quantitative estimate of drug-likeness (QED) is 0.559. The lowest BCUT2D eigenvalue weighted by atomic mass is 10.1. The molecule has 0 rings (SSSR count). The summed E-state index contributed by atoms with van der Waals surface area (Å²) in [6, 6.07) is 0. The number of hydrogen-bond acceptors (Lipinski definition) is 3. The number of hydrogen-bond donors (Lipinski definition) is 2. The Morgan fingerprint density at radius 1 is 1.21 bits per heavy atom. The van der Waals surface area contributed by atoms with Gasteiger partial charge in [-0.15, -0.1) is 0 Å². The minimum atomic E-state index is -0.0638. The number of unbranched alkanes of at least 4 members (excludes halogenated alkanes) is 2. The predicted octanol–water partition coefficient (Wildman–Crippen LogP) is 1.55. The van der Waals surface area contributed by atoms with Crippen molar-refractivity contribution in [1.82, 2.24) is 5.32 Å². The minimum absolute atomic E-state index is 0.0638. The summed E-state index contributed by atoms with van der Waals surface area (Å²) in [5.41, 5.74) is -0.0638. The van der Waals surface area contributed by atoms with E-state index in [4.69, 9.17) is 9.84 Å². The Hall–Kier alpha value is -0.120. The van der Waals surface area contributed by atoms with E-state index in [1.165, 1.54) is 0 Å². The number of nitrogens with one attached hydrogen (secondary N) is 1. The van der Waals surface area contributed by atoms with Crippen LogP contribution in [0, 0.1) is 0 Å². The Balaban J connectivity index is 3.26. The molecule has 0 atom stereocenters. The Kier molecular flexibility index (Phi) is 8.14. The highest BCUT2D eigenvalue weighted by Gasteiger charge is 2.15. The molecular formula is C11H25NO2. The van der Waals surface area contributed by atoms with E-state index in [9.17, 15) is 0 Å². The first kappa shape index (κ1) is 13.9. The van der Waals surface area contributed by atoms with E-state index in [-0.39, 0.29) is 5.60 Å². The maximum absolute atomic E-state index is 8.58. The van der Waals surface area contributed by atoms with Crippen molar-refractivity contribution in [2.75, 3.05) is 26.3 Å². The second kappa shape index (κ2) is 8.21. The normalized spacial score (nSPS) is 12.0. The van der Waals surface area contributed by atoms with Crippen LogP contribution in [0.25, 0.3) is 0 Å². The molecule has 0 aliphatic heterocycles. The van der Waals surface area contributed by atoms with E-state index in [2.05, 4.69) is 19.2 Å². The van der Waals surface area contributed by atoms with Crippen LogP contribution >= 0.6 is 0 Å². The molecule has 0 aromatic carbocycles. The molecule has 86 valence electrons. The topological polar surface area (TPSA) is 41.5 Å². The van der Waals surface area contributed by atoms with Crippen LogP contribution in [0.2, 0.25) is 0 Å². The van der Waals surface area contributed by atoms with Crippen LogP contribution in [-0.4, -0.2) is 37.0 Å². The molecule has 0 aromatic heterocycles. The van der Waals surface area contributed by atoms with E-state index in [0.717, 1.165) is 39.0 Å². The van der Waals surface area contributed by atoms with Crippen LogP contribution in [-0.2, 0) is 4.74 Å². The Morgan fingerprint density at radius 3 is 2.50 bits per heavy atom. The Bertz CT molecular complexity index is 126. The van der Waals surface area contributed by atoms with Crippen molar-refractivity contribution in [1.29, 1.82) is 0 Å². The fraction of sp³-hybridized carbons (Fsp3) is 1.00. The molecule has 0 spiro atoms. The highest BCUT2D eigenvalue weighted by molar-refractivity contribution is 4.71. The lowest BCUT2D eigenvalue weighted by molar-refractivity contribution is -0.00869. The fourth-order valence-corrected chi connectivity index (χ4v) is 1.37. The molecule has 0 amide bonds. The molecule has 0 aromatic rings. The standard InChI is InChI=1S/C11H25NO2/c1-4-14-11(2,3)10-12-8-6-5-7-9-13/h12-13H,4-10H2,1-3H3. The zero-order valence-corrected chi connectivity index (χ0v) is 9.81. The van der Waals surface area contributed by atoms with Crippen LogP contribution in [0.1, 0.15) is 40.0 Å². The summed E-state index contributed by atoms with van der Waals surface area (Å²) >= 11 is 0. The molecule has 14 heavy (non-hydrogen) atoms. The summed E-state index contributed by atoms with van der Waals surface area (Å²) in [6.07, 6.45) is 3.14. The molecule has 0 bridgehead atoms. The monoisotopic (exact) mass is 203 g/mol. The highest BCUT2D eigenvalue weighted by Crippen LogP contribution is 2.06. The van der Waals surface area contributed by atoms with Gasteiger partial charge in [0, 0.05) is 19.8 Å². The molecule has 0 saturated carbocycles. The summed E-state index contributed by atoms with van der Waals surface area (Å²) in [6.45, 7) is 9.18. The zero-order chi connectivity index (χ0) is 10.9. The second-order valence-electron chi connectivity index (χ2n) is 4.15. The number of aliphatic hydroxyl groups is 1. The lowest BCUT2D eigenvalue weighted by Gasteiger charge is -2.24. The van der Waals surface area contributed by atoms with Gasteiger partial charge in [-0.3, -0.25) is 0 Å². The highest BCUT2D eigenvalue weighted by atomic mass is 16.5. The summed E-state index contributed by atoms with van der Waals surface area (Å²) in [4.78, 5) is 0. The zero-order valence-electron chi connectivity index (χ0n) is 9.81. The third kappa shape index (κ3) is 8.48. The minimum Gasteiger partial charge on any atom is -0.396 e. The number of rotatable bonds is 9. The molecule has 0 aliphatic rings. The third-order valence-electron chi connectivity index (χ3n) is 2.10. The van der Waals surface area contributed by atoms with Gasteiger partial charge >= 0.3 is 0 Å². The summed E-state index contributed by atoms with van der Waals surface area (Å²) in [5, 5.41) is 11.9. The van der Waals surface area contributed by atoms with Crippen molar-refractivity contribution in [2.24, 2.45) is 0 Å². The van der Waals surface area contributed by atoms with Crippen molar-refractivity contribution < 1.29 is 9.84 Å². The summed E-state index contributed by atoms with van der Waals surface area (Å²) in [7, 11) is 0. The van der Waals surface area contributed by atoms with Gasteiger partial charge in [-0.05, 0) is 46.6 Å². The maximum Gasteiger partial charge on any atom is 0.0750 e. The lowest BCUT2D eigenvalue weighted by Crippen LogP contribution is -2.38. The molecule has 0 radical (unpaired) electrons. The SMILES string of the molecule is CCOC(C)(C)CNCCCCCO. The third-order valence-corrected chi connectivity index (χ3v) is 2.10. The first-order chi connectivity index (χ1) is 6.62. The van der Waals surface area contributed by atoms with E-state index in [1.807, 2.05) is 6.92 Å². The predicted molar refractivity (Wildman–Crippen MR) is 59.5 cm³/mol. The van der Waals surface area contributed by atoms with Crippen molar-refractivity contribution >= 4 is 0 Å². The van der Waals surface area contributed by atoms with Crippen molar-refractivity contribution in [2.45, 2.75) is 45.6 Å². The smallest absolute Gasteiger partial charge is 0.0750 e. The molecular weight excluding hydrogens is 178 g/mol. The van der Waals surface area contributed by atoms with Gasteiger partial charge in [0.15, 0.2) is 0 Å². The van der Waals surface area contributed by atoms with Crippen molar-refractivity contribution in [3.63, 3.8) is 0 Å². The summed E-state index contributed by atoms with van der Waals surface area (Å²) in [5.74, 6) is 0. The molecule has 3 nitrogen and oxygen atoms in total.